The lowest BCUT2D eigenvalue weighted by Crippen LogP contribution is -2.41. The van der Waals surface area contributed by atoms with E-state index in [0.717, 1.165) is 6.42 Å². The molecule has 4 nitrogen and oxygen atoms in total. The average Bonchev–Trinajstić information content (AvgIpc) is 1.85. The van der Waals surface area contributed by atoms with Crippen molar-refractivity contribution in [2.75, 3.05) is 6.61 Å². The Morgan fingerprint density at radius 2 is 2.20 bits per heavy atom. The third-order valence-electron chi connectivity index (χ3n) is 1.35. The average molecular weight is 146 g/mol. The molecular formula is C6H14N2O2. The monoisotopic (exact) mass is 146 g/mol. The minimum atomic E-state index is -0.773. The first kappa shape index (κ1) is 9.23. The van der Waals surface area contributed by atoms with Gasteiger partial charge in [-0.15, -0.1) is 0 Å². The summed E-state index contributed by atoms with van der Waals surface area (Å²) in [6, 6.07) is 0. The van der Waals surface area contributed by atoms with Crippen LogP contribution in [0.25, 0.3) is 0 Å². The van der Waals surface area contributed by atoms with Gasteiger partial charge in [-0.05, 0) is 13.3 Å². The van der Waals surface area contributed by atoms with Gasteiger partial charge in [-0.25, -0.2) is 4.79 Å². The van der Waals surface area contributed by atoms with Crippen molar-refractivity contribution in [3.05, 3.63) is 0 Å². The van der Waals surface area contributed by atoms with Crippen LogP contribution in [0.4, 0.5) is 4.79 Å². The van der Waals surface area contributed by atoms with Crippen molar-refractivity contribution in [3.63, 3.8) is 0 Å². The van der Waals surface area contributed by atoms with Crippen LogP contribution in [-0.4, -0.2) is 18.2 Å². The number of hydrogen-bond donors (Lipinski definition) is 2. The quantitative estimate of drug-likeness (QED) is 0.597. The summed E-state index contributed by atoms with van der Waals surface area (Å²) in [6.45, 7) is 3.90. The number of nitrogens with two attached hydrogens (primary N) is 2. The molecule has 0 spiro atoms. The summed E-state index contributed by atoms with van der Waals surface area (Å²) >= 11 is 0. The molecule has 0 aromatic heterocycles. The zero-order valence-corrected chi connectivity index (χ0v) is 6.39. The number of rotatable bonds is 3. The predicted molar refractivity (Wildman–Crippen MR) is 38.4 cm³/mol. The van der Waals surface area contributed by atoms with Crippen LogP contribution in [0.15, 0.2) is 0 Å². The first-order valence-electron chi connectivity index (χ1n) is 3.19. The van der Waals surface area contributed by atoms with Crippen molar-refractivity contribution >= 4 is 6.09 Å². The Morgan fingerprint density at radius 1 is 1.70 bits per heavy atom. The van der Waals surface area contributed by atoms with Crippen molar-refractivity contribution < 1.29 is 9.53 Å². The fourth-order valence-corrected chi connectivity index (χ4v) is 0.338. The van der Waals surface area contributed by atoms with Gasteiger partial charge in [0.1, 0.15) is 6.61 Å². The smallest absolute Gasteiger partial charge is 0.404 e. The lowest BCUT2D eigenvalue weighted by Gasteiger charge is -2.20. The molecule has 4 heteroatoms. The van der Waals surface area contributed by atoms with Gasteiger partial charge in [0.2, 0.25) is 0 Å². The number of carbonyl (C=O) groups excluding carboxylic acids is 1. The summed E-state index contributed by atoms with van der Waals surface area (Å²) in [6.07, 6.45) is -0.0228. The third-order valence-corrected chi connectivity index (χ3v) is 1.35. The summed E-state index contributed by atoms with van der Waals surface area (Å²) < 4.78 is 4.51. The molecule has 1 atom stereocenters. The molecule has 1 unspecified atom stereocenters. The van der Waals surface area contributed by atoms with Crippen LogP contribution in [0, 0.1) is 0 Å². The Balaban J connectivity index is 3.56. The van der Waals surface area contributed by atoms with Crippen LogP contribution >= 0.6 is 0 Å². The molecule has 0 aliphatic rings. The second kappa shape index (κ2) is 3.41. The van der Waals surface area contributed by atoms with Crippen LogP contribution in [-0.2, 0) is 4.74 Å². The maximum Gasteiger partial charge on any atom is 0.404 e. The number of primary amides is 1. The van der Waals surface area contributed by atoms with E-state index >= 15 is 0 Å². The summed E-state index contributed by atoms with van der Waals surface area (Å²) in [5.41, 5.74) is 9.92. The molecule has 0 bridgehead atoms. The molecule has 60 valence electrons. The van der Waals surface area contributed by atoms with E-state index in [1.807, 2.05) is 6.92 Å². The van der Waals surface area contributed by atoms with Crippen molar-refractivity contribution in [2.24, 2.45) is 11.5 Å². The molecule has 0 radical (unpaired) electrons. The number of ether oxygens (including phenoxy) is 1. The highest BCUT2D eigenvalue weighted by atomic mass is 16.5. The molecule has 10 heavy (non-hydrogen) atoms. The number of carbonyl (C=O) groups is 1. The predicted octanol–water partition coefficient (Wildman–Crippen LogP) is 0.209. The summed E-state index contributed by atoms with van der Waals surface area (Å²) in [5.74, 6) is 0. The van der Waals surface area contributed by atoms with E-state index in [9.17, 15) is 4.79 Å². The van der Waals surface area contributed by atoms with Gasteiger partial charge >= 0.3 is 6.09 Å². The highest BCUT2D eigenvalue weighted by Crippen LogP contribution is 2.03. The molecule has 0 aliphatic carbocycles. The van der Waals surface area contributed by atoms with Gasteiger partial charge in [0.05, 0.1) is 0 Å². The lowest BCUT2D eigenvalue weighted by atomic mass is 10.0. The van der Waals surface area contributed by atoms with Crippen LogP contribution in [0.5, 0.6) is 0 Å². The Labute approximate surface area is 60.5 Å². The topological polar surface area (TPSA) is 78.3 Å². The number of hydrogen-bond acceptors (Lipinski definition) is 3. The normalized spacial score (nSPS) is 15.9. The van der Waals surface area contributed by atoms with E-state index in [0.29, 0.717) is 0 Å². The lowest BCUT2D eigenvalue weighted by molar-refractivity contribution is 0.128. The molecule has 0 aromatic carbocycles. The van der Waals surface area contributed by atoms with Gasteiger partial charge in [0.25, 0.3) is 0 Å². The van der Waals surface area contributed by atoms with Crippen molar-refractivity contribution in [1.82, 2.24) is 0 Å². The Hall–Kier alpha value is -0.770. The second-order valence-electron chi connectivity index (χ2n) is 2.62. The molecule has 1 amide bonds. The van der Waals surface area contributed by atoms with Crippen LogP contribution in [0.3, 0.4) is 0 Å². The van der Waals surface area contributed by atoms with Crippen molar-refractivity contribution in [2.45, 2.75) is 25.8 Å². The molecule has 0 heterocycles. The minimum absolute atomic E-state index is 0.179. The molecule has 0 fully saturated rings. The van der Waals surface area contributed by atoms with Gasteiger partial charge in [0.15, 0.2) is 0 Å². The van der Waals surface area contributed by atoms with E-state index in [1.54, 1.807) is 6.92 Å². The zero-order chi connectivity index (χ0) is 8.20. The summed E-state index contributed by atoms with van der Waals surface area (Å²) in [5, 5.41) is 0. The molecule has 4 N–H and O–H groups in total. The van der Waals surface area contributed by atoms with Crippen LogP contribution in [0.1, 0.15) is 20.3 Å². The Kier molecular flexibility index (Phi) is 3.15. The fourth-order valence-electron chi connectivity index (χ4n) is 0.338. The molecule has 0 saturated heterocycles. The maximum atomic E-state index is 10.1. The van der Waals surface area contributed by atoms with Crippen molar-refractivity contribution in [1.29, 1.82) is 0 Å². The Bertz CT molecular complexity index is 123. The van der Waals surface area contributed by atoms with E-state index < -0.39 is 11.6 Å². The SMILES string of the molecule is CCC(C)(N)COC(N)=O. The minimum Gasteiger partial charge on any atom is -0.448 e. The van der Waals surface area contributed by atoms with Crippen molar-refractivity contribution in [3.8, 4) is 0 Å². The second-order valence-corrected chi connectivity index (χ2v) is 2.62. The van der Waals surface area contributed by atoms with Crippen LogP contribution in [0.2, 0.25) is 0 Å². The molecule has 0 aromatic rings. The van der Waals surface area contributed by atoms with Gasteiger partial charge in [-0.3, -0.25) is 0 Å². The molecule has 0 rings (SSSR count). The fraction of sp³-hybridized carbons (Fsp3) is 0.833. The van der Waals surface area contributed by atoms with E-state index in [2.05, 4.69) is 4.74 Å². The highest BCUT2D eigenvalue weighted by Gasteiger charge is 2.16. The molecular weight excluding hydrogens is 132 g/mol. The van der Waals surface area contributed by atoms with E-state index in [4.69, 9.17) is 11.5 Å². The van der Waals surface area contributed by atoms with Gasteiger partial charge in [-0.2, -0.15) is 0 Å². The highest BCUT2D eigenvalue weighted by molar-refractivity contribution is 5.64. The first-order chi connectivity index (χ1) is 4.48. The zero-order valence-electron chi connectivity index (χ0n) is 6.39. The molecule has 0 aliphatic heterocycles. The first-order valence-corrected chi connectivity index (χ1v) is 3.19. The van der Waals surface area contributed by atoms with Gasteiger partial charge in [0, 0.05) is 5.54 Å². The van der Waals surface area contributed by atoms with Crippen LogP contribution < -0.4 is 11.5 Å². The maximum absolute atomic E-state index is 10.1. The molecule has 0 saturated carbocycles. The standard InChI is InChI=1S/C6H14N2O2/c1-3-6(2,8)4-10-5(7)9/h3-4,8H2,1-2H3,(H2,7,9). The summed E-state index contributed by atoms with van der Waals surface area (Å²) in [7, 11) is 0. The van der Waals surface area contributed by atoms with Gasteiger partial charge < -0.3 is 16.2 Å². The van der Waals surface area contributed by atoms with E-state index in [-0.39, 0.29) is 6.61 Å². The third kappa shape index (κ3) is 4.14. The largest absolute Gasteiger partial charge is 0.448 e. The Morgan fingerprint density at radius 3 is 2.50 bits per heavy atom. The van der Waals surface area contributed by atoms with Gasteiger partial charge in [-0.1, -0.05) is 6.92 Å². The van der Waals surface area contributed by atoms with E-state index in [1.165, 1.54) is 0 Å². The number of amides is 1. The summed E-state index contributed by atoms with van der Waals surface area (Å²) in [4.78, 5) is 10.1.